The van der Waals surface area contributed by atoms with Gasteiger partial charge in [0.25, 0.3) is 5.91 Å². The molecule has 0 spiro atoms. The molecule has 9 nitrogen and oxygen atoms in total. The van der Waals surface area contributed by atoms with Crippen molar-refractivity contribution >= 4 is 23.0 Å². The van der Waals surface area contributed by atoms with E-state index in [1.165, 1.54) is 0 Å². The van der Waals surface area contributed by atoms with Gasteiger partial charge in [0.15, 0.2) is 11.5 Å². The van der Waals surface area contributed by atoms with Gasteiger partial charge in [0.1, 0.15) is 17.3 Å². The molecule has 0 aliphatic carbocycles. The molecule has 0 fully saturated rings. The van der Waals surface area contributed by atoms with Crippen LogP contribution in [0.2, 0.25) is 0 Å². The van der Waals surface area contributed by atoms with Gasteiger partial charge in [-0.2, -0.15) is 10.4 Å². The summed E-state index contributed by atoms with van der Waals surface area (Å²) >= 11 is 0. The van der Waals surface area contributed by atoms with Crippen LogP contribution in [0.4, 0.5) is 0 Å². The number of aromatic amines is 1. The maximum absolute atomic E-state index is 13.0. The van der Waals surface area contributed by atoms with Crippen LogP contribution in [0.3, 0.4) is 0 Å². The summed E-state index contributed by atoms with van der Waals surface area (Å²) in [6, 6.07) is 9.08. The average Bonchev–Trinajstić information content (AvgIpc) is 3.52. The van der Waals surface area contributed by atoms with Gasteiger partial charge in [-0.1, -0.05) is 19.9 Å². The zero-order valence-corrected chi connectivity index (χ0v) is 21.6. The molecule has 9 heteroatoms. The molecule has 3 heterocycles. The van der Waals surface area contributed by atoms with Gasteiger partial charge < -0.3 is 19.8 Å². The Labute approximate surface area is 215 Å². The van der Waals surface area contributed by atoms with E-state index in [1.807, 2.05) is 42.2 Å². The Balaban J connectivity index is 1.57. The molecule has 37 heavy (non-hydrogen) atoms. The number of carbonyl (C=O) groups is 1. The number of carbonyl (C=O) groups excluding carboxylic acids is 1. The summed E-state index contributed by atoms with van der Waals surface area (Å²) in [7, 11) is 3.12. The first-order valence-electron chi connectivity index (χ1n) is 12.0. The van der Waals surface area contributed by atoms with Crippen LogP contribution in [0.15, 0.2) is 54.6 Å². The summed E-state index contributed by atoms with van der Waals surface area (Å²) < 4.78 is 12.5. The van der Waals surface area contributed by atoms with Gasteiger partial charge in [-0.3, -0.25) is 9.48 Å². The van der Waals surface area contributed by atoms with Crippen molar-refractivity contribution < 1.29 is 14.3 Å². The zero-order chi connectivity index (χ0) is 26.5. The summed E-state index contributed by atoms with van der Waals surface area (Å²) in [5.41, 5.74) is 4.03. The predicted molar refractivity (Wildman–Crippen MR) is 142 cm³/mol. The monoisotopic (exact) mass is 498 g/mol. The van der Waals surface area contributed by atoms with Crippen molar-refractivity contribution in [2.75, 3.05) is 14.2 Å². The normalized spacial score (nSPS) is 12.4. The standard InChI is InChI=1S/C28H30N6O3/c1-17(2)15-34-16-23(14-32-34)21-9-24-22(13-31-27(24)30-12-21)8-20(11-29)28(35)33-18(3)19-6-7-25(36-4)26(10-19)37-5/h6-10,12-14,16-18H,15H2,1-5H3,(H,30,31)(H,33,35)/b20-8+/t18-/m1/s1. The molecular formula is C28H30N6O3. The maximum Gasteiger partial charge on any atom is 0.262 e. The Morgan fingerprint density at radius 3 is 2.65 bits per heavy atom. The van der Waals surface area contributed by atoms with Gasteiger partial charge in [-0.25, -0.2) is 4.98 Å². The zero-order valence-electron chi connectivity index (χ0n) is 21.6. The molecule has 0 saturated heterocycles. The van der Waals surface area contributed by atoms with Crippen LogP contribution in [-0.4, -0.2) is 39.9 Å². The first-order chi connectivity index (χ1) is 17.8. The molecular weight excluding hydrogens is 468 g/mol. The van der Waals surface area contributed by atoms with E-state index >= 15 is 0 Å². The number of ether oxygens (including phenoxy) is 2. The lowest BCUT2D eigenvalue weighted by Crippen LogP contribution is -2.27. The fraction of sp³-hybridized carbons (Fsp3) is 0.286. The number of nitrogens with zero attached hydrogens (tertiary/aromatic N) is 4. The van der Waals surface area contributed by atoms with Gasteiger partial charge in [-0.05, 0) is 42.7 Å². The van der Waals surface area contributed by atoms with E-state index in [1.54, 1.807) is 44.8 Å². The van der Waals surface area contributed by atoms with Crippen LogP contribution in [0.5, 0.6) is 11.5 Å². The Morgan fingerprint density at radius 1 is 1.16 bits per heavy atom. The highest BCUT2D eigenvalue weighted by Gasteiger charge is 2.17. The van der Waals surface area contributed by atoms with Crippen molar-refractivity contribution in [1.29, 1.82) is 5.26 Å². The summed E-state index contributed by atoms with van der Waals surface area (Å²) in [6.07, 6.45) is 8.91. The van der Waals surface area contributed by atoms with Gasteiger partial charge >= 0.3 is 0 Å². The number of hydrogen-bond donors (Lipinski definition) is 2. The van der Waals surface area contributed by atoms with Crippen molar-refractivity contribution in [3.8, 4) is 28.7 Å². The average molecular weight is 499 g/mol. The first-order valence-corrected chi connectivity index (χ1v) is 12.0. The van der Waals surface area contributed by atoms with Crippen molar-refractivity contribution in [2.45, 2.75) is 33.4 Å². The van der Waals surface area contributed by atoms with E-state index in [9.17, 15) is 10.1 Å². The smallest absolute Gasteiger partial charge is 0.262 e. The lowest BCUT2D eigenvalue weighted by Gasteiger charge is -2.16. The number of rotatable bonds is 9. The Morgan fingerprint density at radius 2 is 1.95 bits per heavy atom. The second-order valence-electron chi connectivity index (χ2n) is 9.19. The second kappa shape index (κ2) is 11.0. The van der Waals surface area contributed by atoms with E-state index in [4.69, 9.17) is 9.47 Å². The van der Waals surface area contributed by atoms with Crippen molar-refractivity contribution in [3.05, 3.63) is 65.8 Å². The topological polar surface area (TPSA) is 118 Å². The summed E-state index contributed by atoms with van der Waals surface area (Å²) in [6.45, 7) is 6.96. The van der Waals surface area contributed by atoms with Crippen LogP contribution in [0.1, 0.15) is 37.9 Å². The van der Waals surface area contributed by atoms with Crippen LogP contribution in [-0.2, 0) is 11.3 Å². The molecule has 4 aromatic rings. The molecule has 1 atom stereocenters. The third kappa shape index (κ3) is 5.64. The molecule has 3 aromatic heterocycles. The highest BCUT2D eigenvalue weighted by atomic mass is 16.5. The molecule has 190 valence electrons. The minimum absolute atomic E-state index is 0.0108. The number of nitriles is 1. The number of fused-ring (bicyclic) bond motifs is 1. The number of benzene rings is 1. The molecule has 0 saturated carbocycles. The van der Waals surface area contributed by atoms with Crippen molar-refractivity contribution in [3.63, 3.8) is 0 Å². The number of H-pyrrole nitrogens is 1. The van der Waals surface area contributed by atoms with Crippen LogP contribution < -0.4 is 14.8 Å². The molecule has 0 unspecified atom stereocenters. The summed E-state index contributed by atoms with van der Waals surface area (Å²) in [5, 5.41) is 17.9. The van der Waals surface area contributed by atoms with Crippen molar-refractivity contribution in [2.24, 2.45) is 5.92 Å². The van der Waals surface area contributed by atoms with Crippen LogP contribution in [0, 0.1) is 17.2 Å². The second-order valence-corrected chi connectivity index (χ2v) is 9.19. The van der Waals surface area contributed by atoms with E-state index in [-0.39, 0.29) is 11.6 Å². The van der Waals surface area contributed by atoms with Crippen molar-refractivity contribution in [1.82, 2.24) is 25.1 Å². The third-order valence-electron chi connectivity index (χ3n) is 6.00. The third-order valence-corrected chi connectivity index (χ3v) is 6.00. The van der Waals surface area contributed by atoms with Gasteiger partial charge in [0, 0.05) is 47.2 Å². The predicted octanol–water partition coefficient (Wildman–Crippen LogP) is 4.88. The first kappa shape index (κ1) is 25.5. The molecule has 2 N–H and O–H groups in total. The molecule has 1 amide bonds. The Kier molecular flexibility index (Phi) is 7.58. The fourth-order valence-corrected chi connectivity index (χ4v) is 4.07. The SMILES string of the molecule is COc1ccc([C@@H](C)NC(=O)/C(C#N)=C/c2c[nH]c3ncc(-c4cnn(CC(C)C)c4)cc23)cc1OC. The number of amides is 1. The van der Waals surface area contributed by atoms with E-state index < -0.39 is 5.91 Å². The largest absolute Gasteiger partial charge is 0.493 e. The van der Waals surface area contributed by atoms with E-state index in [2.05, 4.69) is 34.2 Å². The van der Waals surface area contributed by atoms with E-state index in [0.717, 1.165) is 28.6 Å². The highest BCUT2D eigenvalue weighted by Crippen LogP contribution is 2.30. The number of hydrogen-bond acceptors (Lipinski definition) is 6. The molecule has 0 aliphatic rings. The van der Waals surface area contributed by atoms with E-state index in [0.29, 0.717) is 28.6 Å². The molecule has 1 aromatic carbocycles. The lowest BCUT2D eigenvalue weighted by molar-refractivity contribution is -0.117. The Bertz CT molecular complexity index is 1490. The molecule has 4 rings (SSSR count). The summed E-state index contributed by atoms with van der Waals surface area (Å²) in [4.78, 5) is 20.6. The quantitative estimate of drug-likeness (QED) is 0.251. The lowest BCUT2D eigenvalue weighted by atomic mass is 10.1. The summed E-state index contributed by atoms with van der Waals surface area (Å²) in [5.74, 6) is 1.17. The minimum atomic E-state index is -0.474. The van der Waals surface area contributed by atoms with Gasteiger partial charge in [0.05, 0.1) is 26.5 Å². The minimum Gasteiger partial charge on any atom is -0.493 e. The number of aromatic nitrogens is 4. The fourth-order valence-electron chi connectivity index (χ4n) is 4.07. The maximum atomic E-state index is 13.0. The van der Waals surface area contributed by atoms with Crippen LogP contribution >= 0.6 is 0 Å². The van der Waals surface area contributed by atoms with Gasteiger partial charge in [0.2, 0.25) is 0 Å². The number of nitrogens with one attached hydrogen (secondary N) is 2. The number of pyridine rings is 1. The highest BCUT2D eigenvalue weighted by molar-refractivity contribution is 6.04. The van der Waals surface area contributed by atoms with Gasteiger partial charge in [-0.15, -0.1) is 0 Å². The Hall–Kier alpha value is -4.58. The molecule has 0 radical (unpaired) electrons. The number of methoxy groups -OCH3 is 2. The molecule has 0 bridgehead atoms. The van der Waals surface area contributed by atoms with Crippen LogP contribution in [0.25, 0.3) is 28.2 Å². The molecule has 0 aliphatic heterocycles.